The van der Waals surface area contributed by atoms with Crippen molar-refractivity contribution in [3.8, 4) is 22.9 Å². The van der Waals surface area contributed by atoms with Gasteiger partial charge in [-0.3, -0.25) is 4.72 Å². The molecule has 2 aliphatic rings. The number of aliphatic hydroxyl groups is 1. The first-order chi connectivity index (χ1) is 21.2. The number of nitrogens with one attached hydrogen (secondary N) is 1. The lowest BCUT2D eigenvalue weighted by Crippen LogP contribution is -2.48. The Kier molecular flexibility index (Phi) is 8.91. The molecule has 44 heavy (non-hydrogen) atoms. The molecule has 4 heterocycles. The molecule has 6 bridgehead atoms. The van der Waals surface area contributed by atoms with E-state index in [9.17, 15) is 5.11 Å². The number of hydrogen-bond acceptors (Lipinski definition) is 10. The van der Waals surface area contributed by atoms with Gasteiger partial charge in [-0.05, 0) is 102 Å². The van der Waals surface area contributed by atoms with E-state index in [2.05, 4.69) is 65.9 Å². The van der Waals surface area contributed by atoms with Crippen molar-refractivity contribution in [2.45, 2.75) is 95.6 Å². The number of ether oxygens (including phenoxy) is 2. The van der Waals surface area contributed by atoms with Crippen molar-refractivity contribution in [1.82, 2.24) is 19.9 Å². The number of anilines is 2. The first-order valence-corrected chi connectivity index (χ1v) is 16.2. The molecule has 0 radical (unpaired) electrons. The number of hydrogen-bond donors (Lipinski definition) is 2. The molecule has 4 unspecified atom stereocenters. The smallest absolute Gasteiger partial charge is 0.237 e. The Labute approximate surface area is 263 Å². The average molecular weight is 613 g/mol. The summed E-state index contributed by atoms with van der Waals surface area (Å²) >= 11 is 1.46. The van der Waals surface area contributed by atoms with Crippen molar-refractivity contribution < 1.29 is 14.6 Å². The van der Waals surface area contributed by atoms with Crippen LogP contribution in [-0.4, -0.2) is 49.4 Å². The number of aromatic nitrogens is 4. The summed E-state index contributed by atoms with van der Waals surface area (Å²) in [5, 5.41) is 10.8. The molecule has 2 aromatic carbocycles. The predicted molar refractivity (Wildman–Crippen MR) is 174 cm³/mol. The van der Waals surface area contributed by atoms with Crippen LogP contribution in [0.3, 0.4) is 0 Å². The Morgan fingerprint density at radius 3 is 2.50 bits per heavy atom. The van der Waals surface area contributed by atoms with Crippen molar-refractivity contribution in [2.24, 2.45) is 0 Å². The fourth-order valence-electron chi connectivity index (χ4n) is 6.31. The van der Waals surface area contributed by atoms with Gasteiger partial charge in [0.05, 0.1) is 42.4 Å². The fraction of sp³-hybridized carbons (Fsp3) is 0.412. The molecule has 0 spiro atoms. The average Bonchev–Trinajstić information content (AvgIpc) is 3.15. The first-order valence-electron chi connectivity index (χ1n) is 15.4. The Balaban J connectivity index is 1.46. The number of aliphatic hydroxyl groups excluding tert-OH is 1. The summed E-state index contributed by atoms with van der Waals surface area (Å²) in [5.41, 5.74) is 5.19. The van der Waals surface area contributed by atoms with Crippen LogP contribution < -0.4 is 19.1 Å². The SMILES string of the molecule is Cc1cccc(C)c1-c1cc2nc(n1)NSc1cccc(c1)N1C(c3ncc(OC(C)C)cn3)CCCC(O2)C1CC(C)O. The molecule has 1 fully saturated rings. The van der Waals surface area contributed by atoms with E-state index in [-0.39, 0.29) is 24.3 Å². The zero-order valence-corrected chi connectivity index (χ0v) is 26.7. The minimum atomic E-state index is -0.548. The van der Waals surface area contributed by atoms with Crippen molar-refractivity contribution in [3.05, 3.63) is 77.9 Å². The van der Waals surface area contributed by atoms with Gasteiger partial charge in [-0.2, -0.15) is 4.98 Å². The van der Waals surface area contributed by atoms with Crippen molar-refractivity contribution in [2.75, 3.05) is 9.62 Å². The van der Waals surface area contributed by atoms with E-state index in [1.54, 1.807) is 12.4 Å². The van der Waals surface area contributed by atoms with Gasteiger partial charge in [0, 0.05) is 22.2 Å². The van der Waals surface area contributed by atoms with Crippen LogP contribution in [0, 0.1) is 13.8 Å². The van der Waals surface area contributed by atoms with Gasteiger partial charge in [0.25, 0.3) is 0 Å². The van der Waals surface area contributed by atoms with Gasteiger partial charge in [-0.1, -0.05) is 24.3 Å². The van der Waals surface area contributed by atoms with E-state index < -0.39 is 6.10 Å². The monoisotopic (exact) mass is 612 g/mol. The highest BCUT2D eigenvalue weighted by atomic mass is 32.2. The summed E-state index contributed by atoms with van der Waals surface area (Å²) in [7, 11) is 0. The summed E-state index contributed by atoms with van der Waals surface area (Å²) in [6.07, 6.45) is 5.78. The largest absolute Gasteiger partial charge is 0.488 e. The maximum Gasteiger partial charge on any atom is 0.237 e. The fourth-order valence-corrected chi connectivity index (χ4v) is 6.93. The van der Waals surface area contributed by atoms with Gasteiger partial charge >= 0.3 is 0 Å². The number of nitrogens with zero attached hydrogens (tertiary/aromatic N) is 5. The van der Waals surface area contributed by atoms with E-state index >= 15 is 0 Å². The zero-order chi connectivity index (χ0) is 30.8. The second kappa shape index (κ2) is 13.0. The van der Waals surface area contributed by atoms with E-state index in [4.69, 9.17) is 29.4 Å². The van der Waals surface area contributed by atoms with Gasteiger partial charge in [0.15, 0.2) is 11.6 Å². The highest BCUT2D eigenvalue weighted by Crippen LogP contribution is 2.41. The number of fused-ring (bicyclic) bond motifs is 7. The lowest BCUT2D eigenvalue weighted by Gasteiger charge is -2.41. The molecule has 4 aromatic rings. The molecule has 2 N–H and O–H groups in total. The second-order valence-electron chi connectivity index (χ2n) is 12.0. The van der Waals surface area contributed by atoms with Gasteiger partial charge in [0.1, 0.15) is 6.10 Å². The molecule has 2 aliphatic heterocycles. The highest BCUT2D eigenvalue weighted by molar-refractivity contribution is 8.00. The summed E-state index contributed by atoms with van der Waals surface area (Å²) < 4.78 is 16.0. The molecule has 0 aliphatic carbocycles. The molecule has 0 saturated carbocycles. The van der Waals surface area contributed by atoms with Crippen LogP contribution in [0.1, 0.15) is 69.4 Å². The van der Waals surface area contributed by atoms with E-state index in [0.29, 0.717) is 24.0 Å². The number of rotatable bonds is 6. The van der Waals surface area contributed by atoms with Crippen molar-refractivity contribution in [1.29, 1.82) is 0 Å². The lowest BCUT2D eigenvalue weighted by atomic mass is 9.98. The second-order valence-corrected chi connectivity index (χ2v) is 12.9. The molecule has 2 aromatic heterocycles. The van der Waals surface area contributed by atoms with Crippen molar-refractivity contribution in [3.63, 3.8) is 0 Å². The van der Waals surface area contributed by atoms with Crippen LogP contribution in [0.25, 0.3) is 11.3 Å². The normalized spacial score (nSPS) is 20.4. The Hall–Kier alpha value is -3.89. The minimum absolute atomic E-state index is 0.0390. The van der Waals surface area contributed by atoms with Crippen LogP contribution in [0.5, 0.6) is 11.6 Å². The quantitative estimate of drug-likeness (QED) is 0.219. The Morgan fingerprint density at radius 2 is 1.77 bits per heavy atom. The summed E-state index contributed by atoms with van der Waals surface area (Å²) in [6, 6.07) is 16.3. The third-order valence-electron chi connectivity index (χ3n) is 8.08. The predicted octanol–water partition coefficient (Wildman–Crippen LogP) is 7.09. The molecule has 230 valence electrons. The maximum atomic E-state index is 10.8. The molecule has 4 atom stereocenters. The minimum Gasteiger partial charge on any atom is -0.488 e. The third-order valence-corrected chi connectivity index (χ3v) is 8.85. The zero-order valence-electron chi connectivity index (χ0n) is 25.9. The van der Waals surface area contributed by atoms with Gasteiger partial charge in [0.2, 0.25) is 11.8 Å². The van der Waals surface area contributed by atoms with Gasteiger partial charge in [-0.15, -0.1) is 0 Å². The summed E-state index contributed by atoms with van der Waals surface area (Å²) in [6.45, 7) is 10.0. The standard InChI is InChI=1S/C34H40N6O3S/c1-20(2)42-25-18-35-33(36-19-25)28-13-8-14-30-29(15-23(5)41)40(28)24-11-7-12-26(16-24)44-39-34-37-27(17-31(38-34)43-30)32-21(3)9-6-10-22(32)4/h6-7,9-12,16-20,23,28-30,41H,8,13-15H2,1-5H3,(H,37,38,39). The van der Waals surface area contributed by atoms with E-state index in [1.165, 1.54) is 11.9 Å². The lowest BCUT2D eigenvalue weighted by molar-refractivity contribution is 0.108. The highest BCUT2D eigenvalue weighted by Gasteiger charge is 2.39. The Morgan fingerprint density at radius 1 is 1.02 bits per heavy atom. The maximum absolute atomic E-state index is 10.8. The van der Waals surface area contributed by atoms with Crippen LogP contribution in [0.4, 0.5) is 11.6 Å². The van der Waals surface area contributed by atoms with Crippen LogP contribution in [-0.2, 0) is 0 Å². The molecular formula is C34H40N6O3S. The Bertz CT molecular complexity index is 1580. The summed E-state index contributed by atoms with van der Waals surface area (Å²) in [5.74, 6) is 2.37. The van der Waals surface area contributed by atoms with Crippen LogP contribution >= 0.6 is 11.9 Å². The molecule has 10 heteroatoms. The summed E-state index contributed by atoms with van der Waals surface area (Å²) in [4.78, 5) is 22.7. The van der Waals surface area contributed by atoms with Gasteiger partial charge in [-0.25, -0.2) is 15.0 Å². The molecular weight excluding hydrogens is 572 g/mol. The molecule has 9 nitrogen and oxygen atoms in total. The topological polar surface area (TPSA) is 106 Å². The first kappa shape index (κ1) is 30.1. The third kappa shape index (κ3) is 6.61. The van der Waals surface area contributed by atoms with Gasteiger partial charge < -0.3 is 19.5 Å². The molecule has 1 saturated heterocycles. The van der Waals surface area contributed by atoms with E-state index in [1.807, 2.05) is 26.8 Å². The van der Waals surface area contributed by atoms with E-state index in [0.717, 1.165) is 58.1 Å². The number of benzene rings is 2. The van der Waals surface area contributed by atoms with Crippen LogP contribution in [0.2, 0.25) is 0 Å². The molecule has 0 amide bonds. The van der Waals surface area contributed by atoms with Crippen molar-refractivity contribution >= 4 is 23.6 Å². The molecule has 6 rings (SSSR count). The number of aryl methyl sites for hydroxylation is 2. The van der Waals surface area contributed by atoms with Crippen LogP contribution in [0.15, 0.2) is 65.8 Å².